The molecule has 0 unspecified atom stereocenters. The summed E-state index contributed by atoms with van der Waals surface area (Å²) in [6.07, 6.45) is 1.23. The number of esters is 1. The number of carbonyl (C=O) groups is 1. The molecule has 31 heavy (non-hydrogen) atoms. The van der Waals surface area contributed by atoms with E-state index >= 15 is 0 Å². The molecular weight excluding hydrogens is 396 g/mol. The van der Waals surface area contributed by atoms with Gasteiger partial charge in [0, 0.05) is 12.1 Å². The number of methoxy groups -OCH3 is 1. The number of ether oxygens (including phenoxy) is 2. The molecule has 2 aromatic carbocycles. The average Bonchev–Trinajstić information content (AvgIpc) is 3.48. The third-order valence-corrected chi connectivity index (χ3v) is 5.23. The van der Waals surface area contributed by atoms with Crippen LogP contribution in [0.2, 0.25) is 0 Å². The fraction of sp³-hybridized carbons (Fsp3) is 0.217. The first-order chi connectivity index (χ1) is 15.2. The Hall–Kier alpha value is -3.94. The molecule has 0 aliphatic carbocycles. The number of aromatic nitrogens is 4. The SMILES string of the molecule is COc1ccc(-c2noc(-c3cc4n(n3)CCC[C@@H]4OC(=O)c3ccccc3)n2)cc1. The number of hydrogen-bond acceptors (Lipinski definition) is 7. The summed E-state index contributed by atoms with van der Waals surface area (Å²) in [5, 5.41) is 8.66. The molecule has 0 saturated heterocycles. The highest BCUT2D eigenvalue weighted by Gasteiger charge is 2.28. The smallest absolute Gasteiger partial charge is 0.338 e. The van der Waals surface area contributed by atoms with Gasteiger partial charge in [0.05, 0.1) is 18.4 Å². The van der Waals surface area contributed by atoms with Crippen molar-refractivity contribution in [2.24, 2.45) is 0 Å². The third-order valence-electron chi connectivity index (χ3n) is 5.23. The summed E-state index contributed by atoms with van der Waals surface area (Å²) in [6, 6.07) is 18.2. The van der Waals surface area contributed by atoms with Crippen molar-refractivity contribution in [3.05, 3.63) is 71.9 Å². The monoisotopic (exact) mass is 416 g/mol. The quantitative estimate of drug-likeness (QED) is 0.448. The van der Waals surface area contributed by atoms with Gasteiger partial charge in [-0.15, -0.1) is 0 Å². The second-order valence-electron chi connectivity index (χ2n) is 7.23. The van der Waals surface area contributed by atoms with E-state index in [0.29, 0.717) is 23.0 Å². The Labute approximate surface area is 178 Å². The first-order valence-corrected chi connectivity index (χ1v) is 10.0. The molecule has 0 amide bonds. The zero-order chi connectivity index (χ0) is 21.2. The van der Waals surface area contributed by atoms with Crippen LogP contribution in [0.4, 0.5) is 0 Å². The zero-order valence-electron chi connectivity index (χ0n) is 16.9. The standard InChI is InChI=1S/C23H20N4O4/c1-29-17-11-9-15(10-12-17)21-24-22(31-26-21)18-14-19-20(8-5-13-27(19)25-18)30-23(28)16-6-3-2-4-7-16/h2-4,6-7,9-12,14,20H,5,8,13H2,1H3/t20-/m0/s1. The molecule has 0 fully saturated rings. The van der Waals surface area contributed by atoms with Gasteiger partial charge in [-0.1, -0.05) is 23.4 Å². The predicted molar refractivity (Wildman–Crippen MR) is 111 cm³/mol. The van der Waals surface area contributed by atoms with Gasteiger partial charge in [-0.25, -0.2) is 4.79 Å². The van der Waals surface area contributed by atoms with Crippen LogP contribution in [0.15, 0.2) is 65.2 Å². The summed E-state index contributed by atoms with van der Waals surface area (Å²) in [5.74, 6) is 1.20. The summed E-state index contributed by atoms with van der Waals surface area (Å²) in [7, 11) is 1.62. The maximum atomic E-state index is 12.5. The molecule has 4 aromatic rings. The van der Waals surface area contributed by atoms with Gasteiger partial charge in [-0.05, 0) is 55.3 Å². The predicted octanol–water partition coefficient (Wildman–Crippen LogP) is 4.30. The Bertz CT molecular complexity index is 1200. The molecule has 1 atom stereocenters. The summed E-state index contributed by atoms with van der Waals surface area (Å²) in [5.41, 5.74) is 2.73. The Morgan fingerprint density at radius 2 is 1.94 bits per heavy atom. The first kappa shape index (κ1) is 19.0. The minimum absolute atomic E-state index is 0.320. The van der Waals surface area contributed by atoms with Gasteiger partial charge in [0.25, 0.3) is 5.89 Å². The van der Waals surface area contributed by atoms with Gasteiger partial charge in [0.1, 0.15) is 11.9 Å². The van der Waals surface area contributed by atoms with Crippen molar-refractivity contribution in [2.45, 2.75) is 25.5 Å². The molecule has 156 valence electrons. The minimum atomic E-state index is -0.369. The van der Waals surface area contributed by atoms with E-state index in [4.69, 9.17) is 14.0 Å². The molecule has 0 saturated carbocycles. The van der Waals surface area contributed by atoms with Gasteiger partial charge >= 0.3 is 5.97 Å². The van der Waals surface area contributed by atoms with E-state index in [9.17, 15) is 4.79 Å². The van der Waals surface area contributed by atoms with Gasteiger partial charge in [0.2, 0.25) is 5.82 Å². The molecule has 8 nitrogen and oxygen atoms in total. The maximum absolute atomic E-state index is 12.5. The molecule has 8 heteroatoms. The van der Waals surface area contributed by atoms with Crippen LogP contribution in [0.5, 0.6) is 5.75 Å². The molecule has 3 heterocycles. The molecule has 5 rings (SSSR count). The largest absolute Gasteiger partial charge is 0.497 e. The normalized spacial score (nSPS) is 15.3. The highest BCUT2D eigenvalue weighted by molar-refractivity contribution is 5.89. The number of benzene rings is 2. The number of fused-ring (bicyclic) bond motifs is 1. The van der Waals surface area contributed by atoms with E-state index < -0.39 is 0 Å². The van der Waals surface area contributed by atoms with Crippen LogP contribution in [-0.2, 0) is 11.3 Å². The number of carbonyl (C=O) groups excluding carboxylic acids is 1. The first-order valence-electron chi connectivity index (χ1n) is 10.0. The highest BCUT2D eigenvalue weighted by atomic mass is 16.5. The van der Waals surface area contributed by atoms with E-state index in [-0.39, 0.29) is 12.1 Å². The van der Waals surface area contributed by atoms with E-state index in [1.807, 2.05) is 53.2 Å². The van der Waals surface area contributed by atoms with E-state index in [1.165, 1.54) is 0 Å². The number of aryl methyl sites for hydroxylation is 1. The van der Waals surface area contributed by atoms with Gasteiger partial charge in [-0.3, -0.25) is 4.68 Å². The highest BCUT2D eigenvalue weighted by Crippen LogP contribution is 2.32. The second kappa shape index (κ2) is 8.06. The van der Waals surface area contributed by atoms with Gasteiger partial charge < -0.3 is 14.0 Å². The zero-order valence-corrected chi connectivity index (χ0v) is 16.9. The number of rotatable bonds is 5. The molecular formula is C23H20N4O4. The van der Waals surface area contributed by atoms with Crippen LogP contribution in [0, 0.1) is 0 Å². The lowest BCUT2D eigenvalue weighted by molar-refractivity contribution is 0.0214. The fourth-order valence-electron chi connectivity index (χ4n) is 3.62. The van der Waals surface area contributed by atoms with Crippen LogP contribution in [-0.4, -0.2) is 33.0 Å². The maximum Gasteiger partial charge on any atom is 0.338 e. The Balaban J connectivity index is 1.38. The van der Waals surface area contributed by atoms with E-state index in [2.05, 4.69) is 15.2 Å². The van der Waals surface area contributed by atoms with Crippen molar-refractivity contribution in [2.75, 3.05) is 7.11 Å². The Morgan fingerprint density at radius 1 is 1.13 bits per heavy atom. The summed E-state index contributed by atoms with van der Waals surface area (Å²) in [4.78, 5) is 17.0. The van der Waals surface area contributed by atoms with Crippen molar-refractivity contribution in [3.63, 3.8) is 0 Å². The average molecular weight is 416 g/mol. The lowest BCUT2D eigenvalue weighted by Gasteiger charge is -2.23. The van der Waals surface area contributed by atoms with Crippen molar-refractivity contribution in [1.82, 2.24) is 19.9 Å². The molecule has 0 radical (unpaired) electrons. The molecule has 0 N–H and O–H groups in total. The molecule has 0 bridgehead atoms. The second-order valence-corrected chi connectivity index (χ2v) is 7.23. The lowest BCUT2D eigenvalue weighted by atomic mass is 10.1. The van der Waals surface area contributed by atoms with E-state index in [0.717, 1.165) is 36.4 Å². The minimum Gasteiger partial charge on any atom is -0.497 e. The van der Waals surface area contributed by atoms with Crippen molar-refractivity contribution < 1.29 is 18.8 Å². The van der Waals surface area contributed by atoms with Crippen LogP contribution in [0.1, 0.15) is 35.0 Å². The third kappa shape index (κ3) is 3.79. The van der Waals surface area contributed by atoms with Crippen molar-refractivity contribution >= 4 is 5.97 Å². The van der Waals surface area contributed by atoms with Crippen molar-refractivity contribution in [3.8, 4) is 28.7 Å². The molecule has 2 aromatic heterocycles. The molecule has 1 aliphatic heterocycles. The summed E-state index contributed by atoms with van der Waals surface area (Å²) >= 11 is 0. The topological polar surface area (TPSA) is 92.3 Å². The summed E-state index contributed by atoms with van der Waals surface area (Å²) < 4.78 is 18.2. The molecule has 1 aliphatic rings. The lowest BCUT2D eigenvalue weighted by Crippen LogP contribution is -2.20. The number of nitrogens with zero attached hydrogens (tertiary/aromatic N) is 4. The van der Waals surface area contributed by atoms with E-state index in [1.54, 1.807) is 19.2 Å². The molecule has 0 spiro atoms. The summed E-state index contributed by atoms with van der Waals surface area (Å²) in [6.45, 7) is 0.744. The Kier molecular flexibility index (Phi) is 4.95. The van der Waals surface area contributed by atoms with Gasteiger partial charge in [0.15, 0.2) is 5.69 Å². The van der Waals surface area contributed by atoms with Crippen LogP contribution in [0.3, 0.4) is 0 Å². The fourth-order valence-corrected chi connectivity index (χ4v) is 3.62. The van der Waals surface area contributed by atoms with Crippen molar-refractivity contribution in [1.29, 1.82) is 0 Å². The van der Waals surface area contributed by atoms with Gasteiger partial charge in [-0.2, -0.15) is 10.1 Å². The van der Waals surface area contributed by atoms with Crippen LogP contribution < -0.4 is 4.74 Å². The number of hydrogen-bond donors (Lipinski definition) is 0. The van der Waals surface area contributed by atoms with Crippen LogP contribution in [0.25, 0.3) is 23.0 Å². The Morgan fingerprint density at radius 3 is 2.71 bits per heavy atom. The van der Waals surface area contributed by atoms with Crippen LogP contribution >= 0.6 is 0 Å².